The summed E-state index contributed by atoms with van der Waals surface area (Å²) < 4.78 is 0. The number of nitrogens with zero attached hydrogens (tertiary/aromatic N) is 3. The third-order valence-corrected chi connectivity index (χ3v) is 3.53. The summed E-state index contributed by atoms with van der Waals surface area (Å²) in [6.45, 7) is 0.685. The number of aromatic nitrogens is 1. The van der Waals surface area contributed by atoms with Crippen molar-refractivity contribution in [3.8, 4) is 6.07 Å². The third-order valence-electron chi connectivity index (χ3n) is 3.53. The number of aliphatic hydroxyl groups is 1. The number of nitriles is 1. The molecule has 5 nitrogen and oxygen atoms in total. The van der Waals surface area contributed by atoms with Crippen molar-refractivity contribution >= 4 is 5.91 Å². The standard InChI is InChI=1S/C18H19N3O2/c19-12-16-5-3-15(4-6-16)7-8-18(23)21(10-11-22)14-17-2-1-9-20-13-17/h1-6,9,13,22H,7-8,10-11,14H2. The highest BCUT2D eigenvalue weighted by atomic mass is 16.3. The van der Waals surface area contributed by atoms with Crippen molar-refractivity contribution in [2.75, 3.05) is 13.2 Å². The molecule has 0 atom stereocenters. The van der Waals surface area contributed by atoms with Crippen molar-refractivity contribution in [1.29, 1.82) is 5.26 Å². The summed E-state index contributed by atoms with van der Waals surface area (Å²) in [5.74, 6) is -0.00716. The van der Waals surface area contributed by atoms with Crippen molar-refractivity contribution in [2.24, 2.45) is 0 Å². The molecule has 0 spiro atoms. The summed E-state index contributed by atoms with van der Waals surface area (Å²) in [4.78, 5) is 18.1. The predicted octanol–water partition coefficient (Wildman–Crippen LogP) is 1.91. The number of pyridine rings is 1. The molecule has 1 aromatic carbocycles. The number of aryl methyl sites for hydroxylation is 1. The SMILES string of the molecule is N#Cc1ccc(CCC(=O)N(CCO)Cc2cccnc2)cc1. The first-order valence-electron chi connectivity index (χ1n) is 7.49. The summed E-state index contributed by atoms with van der Waals surface area (Å²) in [5.41, 5.74) is 2.56. The van der Waals surface area contributed by atoms with Gasteiger partial charge < -0.3 is 10.0 Å². The Morgan fingerprint density at radius 2 is 2.00 bits per heavy atom. The minimum atomic E-state index is -0.0666. The molecule has 0 fully saturated rings. The molecule has 5 heteroatoms. The minimum Gasteiger partial charge on any atom is -0.395 e. The van der Waals surface area contributed by atoms with Crippen molar-refractivity contribution in [3.05, 3.63) is 65.5 Å². The van der Waals surface area contributed by atoms with Crippen LogP contribution in [0, 0.1) is 11.3 Å². The van der Waals surface area contributed by atoms with E-state index in [9.17, 15) is 4.79 Å². The minimum absolute atomic E-state index is 0.00716. The highest BCUT2D eigenvalue weighted by Crippen LogP contribution is 2.09. The average molecular weight is 309 g/mol. The van der Waals surface area contributed by atoms with Gasteiger partial charge in [-0.3, -0.25) is 9.78 Å². The Kier molecular flexibility index (Phi) is 6.28. The smallest absolute Gasteiger partial charge is 0.223 e. The fourth-order valence-corrected chi connectivity index (χ4v) is 2.28. The molecule has 1 amide bonds. The van der Waals surface area contributed by atoms with Gasteiger partial charge in [-0.05, 0) is 35.7 Å². The first kappa shape index (κ1) is 16.7. The summed E-state index contributed by atoms with van der Waals surface area (Å²) in [7, 11) is 0. The number of hydrogen-bond donors (Lipinski definition) is 1. The van der Waals surface area contributed by atoms with Crippen LogP contribution in [0.2, 0.25) is 0 Å². The van der Waals surface area contributed by atoms with Crippen LogP contribution in [0.4, 0.5) is 0 Å². The number of hydrogen-bond acceptors (Lipinski definition) is 4. The molecule has 118 valence electrons. The largest absolute Gasteiger partial charge is 0.395 e. The summed E-state index contributed by atoms with van der Waals surface area (Å²) in [5, 5.41) is 17.9. The normalized spacial score (nSPS) is 10.1. The predicted molar refractivity (Wildman–Crippen MR) is 86.2 cm³/mol. The molecular weight excluding hydrogens is 290 g/mol. The average Bonchev–Trinajstić information content (AvgIpc) is 2.60. The molecule has 0 unspecified atom stereocenters. The van der Waals surface area contributed by atoms with Crippen molar-refractivity contribution < 1.29 is 9.90 Å². The molecule has 0 aliphatic carbocycles. The zero-order valence-corrected chi connectivity index (χ0v) is 12.9. The maximum absolute atomic E-state index is 12.4. The van der Waals surface area contributed by atoms with E-state index < -0.39 is 0 Å². The van der Waals surface area contributed by atoms with E-state index in [4.69, 9.17) is 10.4 Å². The first-order chi connectivity index (χ1) is 11.2. The van der Waals surface area contributed by atoms with Crippen LogP contribution in [0.25, 0.3) is 0 Å². The summed E-state index contributed by atoms with van der Waals surface area (Å²) in [6.07, 6.45) is 4.39. The van der Waals surface area contributed by atoms with Gasteiger partial charge in [0.15, 0.2) is 0 Å². The number of carbonyl (C=O) groups excluding carboxylic acids is 1. The lowest BCUT2D eigenvalue weighted by Crippen LogP contribution is -2.33. The second kappa shape index (κ2) is 8.66. The van der Waals surface area contributed by atoms with Crippen molar-refractivity contribution in [1.82, 2.24) is 9.88 Å². The van der Waals surface area contributed by atoms with Crippen LogP contribution in [-0.4, -0.2) is 34.0 Å². The molecular formula is C18H19N3O2. The molecule has 1 aromatic heterocycles. The van der Waals surface area contributed by atoms with Gasteiger partial charge in [0.2, 0.25) is 5.91 Å². The third kappa shape index (κ3) is 5.20. The second-order valence-corrected chi connectivity index (χ2v) is 5.21. The number of aliphatic hydroxyl groups excluding tert-OH is 1. The quantitative estimate of drug-likeness (QED) is 0.847. The van der Waals surface area contributed by atoms with Crippen LogP contribution in [0.3, 0.4) is 0 Å². The molecule has 23 heavy (non-hydrogen) atoms. The lowest BCUT2D eigenvalue weighted by Gasteiger charge is -2.21. The van der Waals surface area contributed by atoms with Gasteiger partial charge in [-0.1, -0.05) is 18.2 Å². The van der Waals surface area contributed by atoms with Crippen LogP contribution in [-0.2, 0) is 17.8 Å². The maximum Gasteiger partial charge on any atom is 0.223 e. The summed E-state index contributed by atoms with van der Waals surface area (Å²) >= 11 is 0. The lowest BCUT2D eigenvalue weighted by molar-refractivity contribution is -0.132. The molecule has 2 rings (SSSR count). The van der Waals surface area contributed by atoms with Gasteiger partial charge in [0.25, 0.3) is 0 Å². The van der Waals surface area contributed by atoms with Crippen LogP contribution in [0.5, 0.6) is 0 Å². The maximum atomic E-state index is 12.4. The molecule has 0 radical (unpaired) electrons. The van der Waals surface area contributed by atoms with Gasteiger partial charge in [0.1, 0.15) is 0 Å². The van der Waals surface area contributed by atoms with Gasteiger partial charge in [-0.2, -0.15) is 5.26 Å². The number of carbonyl (C=O) groups is 1. The number of benzene rings is 1. The number of amides is 1. The molecule has 0 saturated carbocycles. The fourth-order valence-electron chi connectivity index (χ4n) is 2.28. The van der Waals surface area contributed by atoms with Gasteiger partial charge in [-0.15, -0.1) is 0 Å². The van der Waals surface area contributed by atoms with E-state index in [0.717, 1.165) is 11.1 Å². The molecule has 0 saturated heterocycles. The van der Waals surface area contributed by atoms with Crippen LogP contribution in [0.15, 0.2) is 48.8 Å². The van der Waals surface area contributed by atoms with E-state index in [1.54, 1.807) is 29.4 Å². The Bertz CT molecular complexity index is 663. The van der Waals surface area contributed by atoms with E-state index in [1.807, 2.05) is 24.3 Å². The topological polar surface area (TPSA) is 77.2 Å². The van der Waals surface area contributed by atoms with E-state index >= 15 is 0 Å². The van der Waals surface area contributed by atoms with E-state index in [-0.39, 0.29) is 12.5 Å². The van der Waals surface area contributed by atoms with Gasteiger partial charge >= 0.3 is 0 Å². The van der Waals surface area contributed by atoms with E-state index in [0.29, 0.717) is 31.5 Å². The molecule has 0 aliphatic rings. The Morgan fingerprint density at radius 1 is 1.22 bits per heavy atom. The van der Waals surface area contributed by atoms with Crippen LogP contribution < -0.4 is 0 Å². The Labute approximate surface area is 135 Å². The highest BCUT2D eigenvalue weighted by molar-refractivity contribution is 5.76. The Morgan fingerprint density at radius 3 is 2.61 bits per heavy atom. The van der Waals surface area contributed by atoms with Gasteiger partial charge in [-0.25, -0.2) is 0 Å². The molecule has 2 aromatic rings. The highest BCUT2D eigenvalue weighted by Gasteiger charge is 2.13. The van der Waals surface area contributed by atoms with Crippen molar-refractivity contribution in [3.63, 3.8) is 0 Å². The van der Waals surface area contributed by atoms with Crippen LogP contribution >= 0.6 is 0 Å². The monoisotopic (exact) mass is 309 g/mol. The Hall–Kier alpha value is -2.71. The van der Waals surface area contributed by atoms with Crippen molar-refractivity contribution in [2.45, 2.75) is 19.4 Å². The van der Waals surface area contributed by atoms with E-state index in [1.165, 1.54) is 0 Å². The molecule has 0 aliphatic heterocycles. The second-order valence-electron chi connectivity index (χ2n) is 5.21. The Balaban J connectivity index is 1.93. The first-order valence-corrected chi connectivity index (χ1v) is 7.49. The molecule has 1 N–H and O–H groups in total. The molecule has 1 heterocycles. The lowest BCUT2D eigenvalue weighted by atomic mass is 10.1. The van der Waals surface area contributed by atoms with E-state index in [2.05, 4.69) is 11.1 Å². The van der Waals surface area contributed by atoms with Gasteiger partial charge in [0, 0.05) is 31.9 Å². The fraction of sp³-hybridized carbons (Fsp3) is 0.278. The molecule has 0 bridgehead atoms. The van der Waals surface area contributed by atoms with Crippen LogP contribution in [0.1, 0.15) is 23.1 Å². The zero-order valence-electron chi connectivity index (χ0n) is 12.9. The zero-order chi connectivity index (χ0) is 16.5. The number of rotatable bonds is 7. The van der Waals surface area contributed by atoms with Gasteiger partial charge in [0.05, 0.1) is 18.2 Å². The summed E-state index contributed by atoms with van der Waals surface area (Å²) in [6, 6.07) is 13.0.